The van der Waals surface area contributed by atoms with Gasteiger partial charge in [-0.15, -0.1) is 10.2 Å². The van der Waals surface area contributed by atoms with E-state index >= 15 is 0 Å². The number of aromatic amines is 1. The van der Waals surface area contributed by atoms with Crippen molar-refractivity contribution in [2.45, 2.75) is 52.7 Å². The molecule has 1 aromatic rings. The van der Waals surface area contributed by atoms with Crippen molar-refractivity contribution < 1.29 is 9.53 Å². The van der Waals surface area contributed by atoms with Gasteiger partial charge in [-0.25, -0.2) is 4.79 Å². The Morgan fingerprint density at radius 1 is 1.44 bits per heavy atom. The zero-order valence-electron chi connectivity index (χ0n) is 11.5. The van der Waals surface area contributed by atoms with E-state index in [1.807, 2.05) is 20.8 Å². The molecule has 2 N–H and O–H groups in total. The first kappa shape index (κ1) is 14.4. The lowest BCUT2D eigenvalue weighted by molar-refractivity contribution is 0.0495. The quantitative estimate of drug-likeness (QED) is 0.855. The van der Waals surface area contributed by atoms with Crippen LogP contribution < -0.4 is 5.32 Å². The zero-order valence-corrected chi connectivity index (χ0v) is 11.5. The minimum Gasteiger partial charge on any atom is -0.444 e. The maximum atomic E-state index is 11.7. The van der Waals surface area contributed by atoms with Crippen LogP contribution >= 0.6 is 0 Å². The fourth-order valence-corrected chi connectivity index (χ4v) is 1.47. The summed E-state index contributed by atoms with van der Waals surface area (Å²) in [5.41, 5.74) is -0.524. The summed E-state index contributed by atoms with van der Waals surface area (Å²) in [5, 5.41) is 16.5. The monoisotopic (exact) mass is 255 g/mol. The lowest BCUT2D eigenvalue weighted by Gasteiger charge is -2.23. The highest BCUT2D eigenvalue weighted by Crippen LogP contribution is 2.18. The van der Waals surface area contributed by atoms with Gasteiger partial charge in [0.15, 0.2) is 5.82 Å². The second-order valence-electron chi connectivity index (χ2n) is 5.60. The maximum Gasteiger partial charge on any atom is 0.408 e. The van der Waals surface area contributed by atoms with Gasteiger partial charge in [0, 0.05) is 0 Å². The predicted octanol–water partition coefficient (Wildman–Crippen LogP) is 1.81. The Hall–Kier alpha value is -1.66. The molecule has 18 heavy (non-hydrogen) atoms. The molecule has 1 heterocycles. The number of nitrogens with zero attached hydrogens (tertiary/aromatic N) is 3. The third-order valence-electron chi connectivity index (χ3n) is 2.07. The first-order valence-corrected chi connectivity index (χ1v) is 6.01. The standard InChI is InChI=1S/C11H21N5O2/c1-7(2)6-8(9-13-15-16-14-9)12-10(17)18-11(3,4)5/h7-8H,6H2,1-5H3,(H,12,17)(H,13,14,15,16). The zero-order chi connectivity index (χ0) is 13.8. The number of amides is 1. The summed E-state index contributed by atoms with van der Waals surface area (Å²) in [4.78, 5) is 11.7. The van der Waals surface area contributed by atoms with Gasteiger partial charge in [0.05, 0.1) is 6.04 Å². The molecule has 7 nitrogen and oxygen atoms in total. The third kappa shape index (κ3) is 5.11. The van der Waals surface area contributed by atoms with Gasteiger partial charge in [-0.3, -0.25) is 0 Å². The van der Waals surface area contributed by atoms with Gasteiger partial charge in [0.1, 0.15) is 5.60 Å². The number of hydrogen-bond acceptors (Lipinski definition) is 5. The van der Waals surface area contributed by atoms with E-state index in [-0.39, 0.29) is 6.04 Å². The van der Waals surface area contributed by atoms with Crippen LogP contribution in [-0.2, 0) is 4.74 Å². The molecule has 7 heteroatoms. The molecule has 0 aromatic carbocycles. The highest BCUT2D eigenvalue weighted by atomic mass is 16.6. The van der Waals surface area contributed by atoms with E-state index in [1.54, 1.807) is 0 Å². The van der Waals surface area contributed by atoms with Crippen molar-refractivity contribution in [3.63, 3.8) is 0 Å². The van der Waals surface area contributed by atoms with Crippen LogP contribution in [0.5, 0.6) is 0 Å². The lowest BCUT2D eigenvalue weighted by atomic mass is 10.0. The van der Waals surface area contributed by atoms with Crippen molar-refractivity contribution >= 4 is 6.09 Å². The number of ether oxygens (including phenoxy) is 1. The first-order chi connectivity index (χ1) is 8.28. The fraction of sp³-hybridized carbons (Fsp3) is 0.818. The fourth-order valence-electron chi connectivity index (χ4n) is 1.47. The molecule has 0 radical (unpaired) electrons. The summed E-state index contributed by atoms with van der Waals surface area (Å²) in [7, 11) is 0. The third-order valence-corrected chi connectivity index (χ3v) is 2.07. The van der Waals surface area contributed by atoms with Gasteiger partial charge >= 0.3 is 6.09 Å². The number of tetrazole rings is 1. The average molecular weight is 255 g/mol. The number of hydrogen-bond donors (Lipinski definition) is 2. The summed E-state index contributed by atoms with van der Waals surface area (Å²) in [6.45, 7) is 9.57. The molecule has 1 rings (SSSR count). The molecule has 0 spiro atoms. The van der Waals surface area contributed by atoms with Crippen LogP contribution in [0.1, 0.15) is 52.9 Å². The number of aromatic nitrogens is 4. The van der Waals surface area contributed by atoms with Gasteiger partial charge in [-0.05, 0) is 33.1 Å². The molecular formula is C11H21N5O2. The minimum atomic E-state index is -0.524. The van der Waals surface area contributed by atoms with Crippen molar-refractivity contribution in [1.29, 1.82) is 0 Å². The first-order valence-electron chi connectivity index (χ1n) is 6.01. The summed E-state index contributed by atoms with van der Waals surface area (Å²) >= 11 is 0. The number of alkyl carbamates (subject to hydrolysis) is 1. The molecular weight excluding hydrogens is 234 g/mol. The highest BCUT2D eigenvalue weighted by molar-refractivity contribution is 5.68. The van der Waals surface area contributed by atoms with Gasteiger partial charge in [0.25, 0.3) is 0 Å². The maximum absolute atomic E-state index is 11.7. The van der Waals surface area contributed by atoms with E-state index in [0.717, 1.165) is 6.42 Å². The average Bonchev–Trinajstić information content (AvgIpc) is 2.64. The molecule has 1 amide bonds. The molecule has 0 saturated heterocycles. The van der Waals surface area contributed by atoms with Gasteiger partial charge in [-0.2, -0.15) is 5.21 Å². The second-order valence-corrected chi connectivity index (χ2v) is 5.60. The minimum absolute atomic E-state index is 0.293. The molecule has 0 aliphatic rings. The molecule has 1 atom stereocenters. The van der Waals surface area contributed by atoms with Crippen molar-refractivity contribution in [3.05, 3.63) is 5.82 Å². The van der Waals surface area contributed by atoms with Crippen LogP contribution in [0.2, 0.25) is 0 Å². The van der Waals surface area contributed by atoms with E-state index < -0.39 is 11.7 Å². The summed E-state index contributed by atoms with van der Waals surface area (Å²) in [6, 6.07) is -0.293. The smallest absolute Gasteiger partial charge is 0.408 e. The van der Waals surface area contributed by atoms with Crippen LogP contribution in [0.4, 0.5) is 4.79 Å². The Labute approximate surface area is 107 Å². The molecule has 0 fully saturated rings. The Balaban J connectivity index is 2.65. The lowest BCUT2D eigenvalue weighted by Crippen LogP contribution is -2.35. The molecule has 0 saturated carbocycles. The molecule has 1 aromatic heterocycles. The highest BCUT2D eigenvalue weighted by Gasteiger charge is 2.23. The van der Waals surface area contributed by atoms with Crippen molar-refractivity contribution in [2.75, 3.05) is 0 Å². The SMILES string of the molecule is CC(C)CC(NC(=O)OC(C)(C)C)c1nn[nH]n1. The Morgan fingerprint density at radius 2 is 2.11 bits per heavy atom. The molecule has 0 bridgehead atoms. The Morgan fingerprint density at radius 3 is 2.56 bits per heavy atom. The van der Waals surface area contributed by atoms with Crippen LogP contribution in [-0.4, -0.2) is 32.3 Å². The van der Waals surface area contributed by atoms with Crippen molar-refractivity contribution in [1.82, 2.24) is 25.9 Å². The number of nitrogens with one attached hydrogen (secondary N) is 2. The molecule has 1 unspecified atom stereocenters. The molecule has 0 aliphatic heterocycles. The van der Waals surface area contributed by atoms with Crippen LogP contribution in [0.25, 0.3) is 0 Å². The number of rotatable bonds is 4. The van der Waals surface area contributed by atoms with E-state index in [9.17, 15) is 4.79 Å². The van der Waals surface area contributed by atoms with E-state index in [4.69, 9.17) is 4.74 Å². The van der Waals surface area contributed by atoms with Crippen molar-refractivity contribution in [2.24, 2.45) is 5.92 Å². The Kier molecular flexibility index (Phi) is 4.63. The van der Waals surface area contributed by atoms with Crippen LogP contribution in [0.15, 0.2) is 0 Å². The van der Waals surface area contributed by atoms with Gasteiger partial charge in [0.2, 0.25) is 0 Å². The predicted molar refractivity (Wildman–Crippen MR) is 65.7 cm³/mol. The second kappa shape index (κ2) is 5.79. The number of H-pyrrole nitrogens is 1. The molecule has 102 valence electrons. The Bertz CT molecular complexity index is 369. The van der Waals surface area contributed by atoms with Gasteiger partial charge < -0.3 is 10.1 Å². The van der Waals surface area contributed by atoms with E-state index in [2.05, 4.69) is 39.8 Å². The van der Waals surface area contributed by atoms with Crippen molar-refractivity contribution in [3.8, 4) is 0 Å². The number of carbonyl (C=O) groups excluding carboxylic acids is 1. The normalized spacial score (nSPS) is 13.4. The summed E-state index contributed by atoms with van der Waals surface area (Å²) in [6.07, 6.45) is 0.247. The van der Waals surface area contributed by atoms with Crippen LogP contribution in [0.3, 0.4) is 0 Å². The molecule has 0 aliphatic carbocycles. The topological polar surface area (TPSA) is 92.8 Å². The van der Waals surface area contributed by atoms with E-state index in [1.165, 1.54) is 0 Å². The van der Waals surface area contributed by atoms with Gasteiger partial charge in [-0.1, -0.05) is 19.1 Å². The number of carbonyl (C=O) groups is 1. The largest absolute Gasteiger partial charge is 0.444 e. The summed E-state index contributed by atoms with van der Waals surface area (Å²) in [5.74, 6) is 0.859. The summed E-state index contributed by atoms with van der Waals surface area (Å²) < 4.78 is 5.21. The van der Waals surface area contributed by atoms with Crippen LogP contribution in [0, 0.1) is 5.92 Å². The van der Waals surface area contributed by atoms with E-state index in [0.29, 0.717) is 11.7 Å².